The molecular weight excluding hydrogens is 531 g/mol. The number of aryl methyl sites for hydroxylation is 1. The summed E-state index contributed by atoms with van der Waals surface area (Å²) in [6.45, 7) is 5.63. The molecule has 0 aliphatic carbocycles. The molecule has 0 spiro atoms. The van der Waals surface area contributed by atoms with Crippen LogP contribution in [0.3, 0.4) is 0 Å². The number of allylic oxidation sites excluding steroid dienone is 1. The van der Waals surface area contributed by atoms with Crippen LogP contribution < -0.4 is 16.0 Å². The molecule has 1 aliphatic rings. The number of rotatable bonds is 9. The molecule has 5 rings (SSSR count). The van der Waals surface area contributed by atoms with Crippen LogP contribution in [0.15, 0.2) is 84.9 Å². The molecule has 8 heteroatoms. The Morgan fingerprint density at radius 3 is 2.50 bits per heavy atom. The molecule has 2 atom stereocenters. The zero-order chi connectivity index (χ0) is 29.8. The van der Waals surface area contributed by atoms with Crippen LogP contribution in [-0.4, -0.2) is 22.7 Å². The minimum Gasteiger partial charge on any atom is -0.360 e. The van der Waals surface area contributed by atoms with Crippen molar-refractivity contribution < 1.29 is 18.8 Å². The fraction of sp³-hybridized carbons (Fsp3) is 0.206. The lowest BCUT2D eigenvalue weighted by Gasteiger charge is -2.15. The van der Waals surface area contributed by atoms with E-state index in [9.17, 15) is 18.8 Å². The van der Waals surface area contributed by atoms with Crippen molar-refractivity contribution in [3.8, 4) is 0 Å². The molecule has 3 amide bonds. The average molecular weight is 565 g/mol. The van der Waals surface area contributed by atoms with Crippen LogP contribution in [0.25, 0.3) is 0 Å². The first-order valence-electron chi connectivity index (χ1n) is 13.9. The van der Waals surface area contributed by atoms with Crippen molar-refractivity contribution in [3.05, 3.63) is 130 Å². The zero-order valence-electron chi connectivity index (χ0n) is 23.8. The van der Waals surface area contributed by atoms with Crippen molar-refractivity contribution in [1.29, 1.82) is 0 Å². The van der Waals surface area contributed by atoms with Gasteiger partial charge >= 0.3 is 0 Å². The summed E-state index contributed by atoms with van der Waals surface area (Å²) in [5.74, 6) is -1.50. The summed E-state index contributed by atoms with van der Waals surface area (Å²) in [4.78, 5) is 42.0. The lowest BCUT2D eigenvalue weighted by Crippen LogP contribution is -2.26. The van der Waals surface area contributed by atoms with E-state index in [2.05, 4.69) is 20.9 Å². The Kier molecular flexibility index (Phi) is 8.33. The predicted octanol–water partition coefficient (Wildman–Crippen LogP) is 6.28. The van der Waals surface area contributed by atoms with E-state index < -0.39 is 5.92 Å². The van der Waals surface area contributed by atoms with Gasteiger partial charge in [0.25, 0.3) is 5.91 Å². The van der Waals surface area contributed by atoms with E-state index in [1.807, 2.05) is 57.2 Å². The molecule has 1 aliphatic heterocycles. The number of amides is 3. The molecule has 3 aromatic carbocycles. The highest BCUT2D eigenvalue weighted by molar-refractivity contribution is 6.05. The second-order valence-corrected chi connectivity index (χ2v) is 10.6. The van der Waals surface area contributed by atoms with Crippen molar-refractivity contribution in [3.63, 3.8) is 0 Å². The minimum absolute atomic E-state index is 0.150. The van der Waals surface area contributed by atoms with Crippen LogP contribution in [0.1, 0.15) is 62.9 Å². The van der Waals surface area contributed by atoms with Crippen molar-refractivity contribution >= 4 is 29.1 Å². The molecule has 0 saturated heterocycles. The maximum atomic E-state index is 13.3. The average Bonchev–Trinajstić information content (AvgIpc) is 3.43. The first-order valence-corrected chi connectivity index (χ1v) is 13.9. The lowest BCUT2D eigenvalue weighted by atomic mass is 9.93. The lowest BCUT2D eigenvalue weighted by molar-refractivity contribution is -0.117. The van der Waals surface area contributed by atoms with Gasteiger partial charge in [-0.15, -0.1) is 0 Å². The molecule has 2 heterocycles. The van der Waals surface area contributed by atoms with Gasteiger partial charge in [-0.2, -0.15) is 0 Å². The maximum absolute atomic E-state index is 13.3. The Morgan fingerprint density at radius 1 is 1.02 bits per heavy atom. The Hall–Kier alpha value is -4.98. The number of benzene rings is 3. The van der Waals surface area contributed by atoms with Crippen LogP contribution in [0, 0.1) is 19.7 Å². The molecule has 4 aromatic rings. The monoisotopic (exact) mass is 564 g/mol. The van der Waals surface area contributed by atoms with E-state index in [0.29, 0.717) is 29.8 Å². The van der Waals surface area contributed by atoms with Gasteiger partial charge < -0.3 is 20.9 Å². The SMILES string of the molecule is Cc1[nH]c(CC2C(=O)Nc3ccc(C(=O)NC(C)c4ccc(F)cc4)cc32)c(C)c1NC(=O)/C=C/Cc1ccccc1. The zero-order valence-corrected chi connectivity index (χ0v) is 23.8. The number of fused-ring (bicyclic) bond motifs is 1. The summed E-state index contributed by atoms with van der Waals surface area (Å²) in [7, 11) is 0. The van der Waals surface area contributed by atoms with Crippen LogP contribution in [-0.2, 0) is 22.4 Å². The van der Waals surface area contributed by atoms with Gasteiger partial charge in [-0.25, -0.2) is 4.39 Å². The highest BCUT2D eigenvalue weighted by atomic mass is 19.1. The van der Waals surface area contributed by atoms with Crippen LogP contribution >= 0.6 is 0 Å². The van der Waals surface area contributed by atoms with Gasteiger partial charge in [0.1, 0.15) is 5.82 Å². The number of nitrogens with one attached hydrogen (secondary N) is 4. The third-order valence-corrected chi connectivity index (χ3v) is 7.64. The summed E-state index contributed by atoms with van der Waals surface area (Å²) in [5, 5.41) is 8.83. The van der Waals surface area contributed by atoms with Gasteiger partial charge in [0.2, 0.25) is 11.8 Å². The number of anilines is 2. The number of hydrogen-bond acceptors (Lipinski definition) is 3. The van der Waals surface area contributed by atoms with Gasteiger partial charge in [-0.05, 0) is 85.9 Å². The second kappa shape index (κ2) is 12.3. The summed E-state index contributed by atoms with van der Waals surface area (Å²) in [6.07, 6.45) is 4.40. The third kappa shape index (κ3) is 6.33. The van der Waals surface area contributed by atoms with Gasteiger partial charge in [-0.3, -0.25) is 14.4 Å². The summed E-state index contributed by atoms with van der Waals surface area (Å²) in [5.41, 5.74) is 6.94. The molecule has 0 bridgehead atoms. The first kappa shape index (κ1) is 28.5. The molecule has 42 heavy (non-hydrogen) atoms. The third-order valence-electron chi connectivity index (χ3n) is 7.64. The smallest absolute Gasteiger partial charge is 0.251 e. The van der Waals surface area contributed by atoms with E-state index in [1.54, 1.807) is 30.3 Å². The molecule has 7 nitrogen and oxygen atoms in total. The molecule has 0 radical (unpaired) electrons. The van der Waals surface area contributed by atoms with E-state index >= 15 is 0 Å². The van der Waals surface area contributed by atoms with E-state index in [4.69, 9.17) is 0 Å². The number of H-pyrrole nitrogens is 1. The van der Waals surface area contributed by atoms with Gasteiger partial charge in [0.15, 0.2) is 0 Å². The van der Waals surface area contributed by atoms with E-state index in [1.165, 1.54) is 18.2 Å². The van der Waals surface area contributed by atoms with Crippen molar-refractivity contribution in [2.24, 2.45) is 0 Å². The number of carbonyl (C=O) groups excluding carboxylic acids is 3. The quantitative estimate of drug-likeness (QED) is 0.180. The number of hydrogen-bond donors (Lipinski definition) is 4. The Balaban J connectivity index is 1.27. The van der Waals surface area contributed by atoms with Gasteiger partial charge in [0.05, 0.1) is 17.6 Å². The summed E-state index contributed by atoms with van der Waals surface area (Å²) < 4.78 is 13.3. The number of halogens is 1. The molecule has 0 fully saturated rings. The molecule has 2 unspecified atom stereocenters. The number of aromatic nitrogens is 1. The highest BCUT2D eigenvalue weighted by Gasteiger charge is 2.33. The Morgan fingerprint density at radius 2 is 1.76 bits per heavy atom. The Bertz CT molecular complexity index is 1660. The largest absolute Gasteiger partial charge is 0.360 e. The normalized spacial score (nSPS) is 14.9. The predicted molar refractivity (Wildman–Crippen MR) is 162 cm³/mol. The molecular formula is C34H33FN4O3. The fourth-order valence-electron chi connectivity index (χ4n) is 5.28. The fourth-order valence-corrected chi connectivity index (χ4v) is 5.28. The van der Waals surface area contributed by atoms with Crippen LogP contribution in [0.5, 0.6) is 0 Å². The van der Waals surface area contributed by atoms with Crippen LogP contribution in [0.4, 0.5) is 15.8 Å². The van der Waals surface area contributed by atoms with Gasteiger partial charge in [0, 0.05) is 29.1 Å². The molecule has 214 valence electrons. The second-order valence-electron chi connectivity index (χ2n) is 10.6. The van der Waals surface area contributed by atoms with Crippen molar-refractivity contribution in [1.82, 2.24) is 10.3 Å². The standard InChI is InChI=1S/C34H33FN4O3/c1-20-30(36-22(3)32(20)39-31(40)11-7-10-23-8-5-4-6-9-23)19-28-27-18-25(14-17-29(27)38-34(28)42)33(41)37-21(2)24-12-15-26(35)16-13-24/h4-9,11-18,21,28,36H,10,19H2,1-3H3,(H,37,41)(H,38,42)(H,39,40)/b11-7+. The van der Waals surface area contributed by atoms with Crippen molar-refractivity contribution in [2.75, 3.05) is 10.6 Å². The first-order chi connectivity index (χ1) is 20.2. The molecule has 4 N–H and O–H groups in total. The minimum atomic E-state index is -0.506. The Labute approximate surface area is 244 Å². The molecule has 1 aromatic heterocycles. The van der Waals surface area contributed by atoms with Crippen molar-refractivity contribution in [2.45, 2.75) is 45.6 Å². The van der Waals surface area contributed by atoms with E-state index in [-0.39, 0.29) is 29.6 Å². The number of aromatic amines is 1. The van der Waals surface area contributed by atoms with E-state index in [0.717, 1.165) is 33.6 Å². The van der Waals surface area contributed by atoms with Gasteiger partial charge in [-0.1, -0.05) is 48.5 Å². The molecule has 0 saturated carbocycles. The summed E-state index contributed by atoms with van der Waals surface area (Å²) in [6, 6.07) is 20.7. The topological polar surface area (TPSA) is 103 Å². The van der Waals surface area contributed by atoms with Crippen LogP contribution in [0.2, 0.25) is 0 Å². The maximum Gasteiger partial charge on any atom is 0.251 e. The summed E-state index contributed by atoms with van der Waals surface area (Å²) >= 11 is 0. The number of carbonyl (C=O) groups is 3. The highest BCUT2D eigenvalue weighted by Crippen LogP contribution is 2.37.